The Morgan fingerprint density at radius 3 is 3.17 bits per heavy atom. The number of carbonyl (C=O) groups is 1. The maximum atomic E-state index is 12.3. The van der Waals surface area contributed by atoms with E-state index in [1.165, 1.54) is 0 Å². The van der Waals surface area contributed by atoms with E-state index < -0.39 is 0 Å². The fourth-order valence-electron chi connectivity index (χ4n) is 2.65. The van der Waals surface area contributed by atoms with Gasteiger partial charge in [-0.15, -0.1) is 12.4 Å². The molecule has 2 aromatic rings. The number of nitrogens with zero attached hydrogens (tertiary/aromatic N) is 4. The van der Waals surface area contributed by atoms with Gasteiger partial charge in [0.15, 0.2) is 5.69 Å². The molecule has 3 heterocycles. The lowest BCUT2D eigenvalue weighted by atomic mass is 10.1. The average Bonchev–Trinajstić information content (AvgIpc) is 3.23. The number of carbonyl (C=O) groups excluding carboxylic acids is 1. The highest BCUT2D eigenvalue weighted by molar-refractivity contribution is 6.02. The molecule has 0 saturated carbocycles. The first kappa shape index (κ1) is 18.4. The Hall–Kier alpha value is -1.90. The van der Waals surface area contributed by atoms with Crippen LogP contribution in [0.5, 0.6) is 0 Å². The quantitative estimate of drug-likeness (QED) is 0.817. The monoisotopic (exact) mass is 354 g/mol. The number of ether oxygens (including phenoxy) is 1. The van der Waals surface area contributed by atoms with Crippen LogP contribution in [0.1, 0.15) is 29.4 Å². The standard InChI is InChI=1S/C15H22N6O2.ClH/c1-23-8-7-20-11-12(9-17-20)18-15(22)14-4-6-21(19-14)13-3-2-5-16-10-13;/h4,6,9,11,13,16H,2-3,5,7-8,10H2,1H3,(H,18,22);1H. The summed E-state index contributed by atoms with van der Waals surface area (Å²) in [5, 5.41) is 14.7. The number of rotatable bonds is 6. The first-order valence-electron chi connectivity index (χ1n) is 7.85. The first-order valence-corrected chi connectivity index (χ1v) is 7.85. The molecule has 1 amide bonds. The molecule has 0 aliphatic carbocycles. The molecule has 0 bridgehead atoms. The minimum Gasteiger partial charge on any atom is -0.383 e. The van der Waals surface area contributed by atoms with E-state index in [1.807, 2.05) is 10.9 Å². The van der Waals surface area contributed by atoms with Gasteiger partial charge in [0.25, 0.3) is 5.91 Å². The highest BCUT2D eigenvalue weighted by atomic mass is 35.5. The number of methoxy groups -OCH3 is 1. The van der Waals surface area contributed by atoms with Crippen molar-refractivity contribution in [2.75, 3.05) is 32.1 Å². The lowest BCUT2D eigenvalue weighted by molar-refractivity contribution is 0.102. The second-order valence-corrected chi connectivity index (χ2v) is 5.62. The van der Waals surface area contributed by atoms with E-state index in [4.69, 9.17) is 4.74 Å². The van der Waals surface area contributed by atoms with Gasteiger partial charge in [-0.05, 0) is 25.5 Å². The van der Waals surface area contributed by atoms with Gasteiger partial charge in [0, 0.05) is 26.0 Å². The van der Waals surface area contributed by atoms with Crippen LogP contribution in [-0.2, 0) is 11.3 Å². The third kappa shape index (κ3) is 4.56. The number of hydrogen-bond donors (Lipinski definition) is 2. The zero-order valence-corrected chi connectivity index (χ0v) is 14.5. The largest absolute Gasteiger partial charge is 0.383 e. The molecular weight excluding hydrogens is 332 g/mol. The number of amides is 1. The van der Waals surface area contributed by atoms with Crippen LogP contribution < -0.4 is 10.6 Å². The van der Waals surface area contributed by atoms with Crippen molar-refractivity contribution in [3.8, 4) is 0 Å². The molecule has 1 atom stereocenters. The first-order chi connectivity index (χ1) is 11.3. The van der Waals surface area contributed by atoms with Crippen molar-refractivity contribution in [1.29, 1.82) is 0 Å². The predicted molar refractivity (Wildman–Crippen MR) is 92.7 cm³/mol. The minimum atomic E-state index is -0.223. The molecule has 0 aromatic carbocycles. The smallest absolute Gasteiger partial charge is 0.276 e. The summed E-state index contributed by atoms with van der Waals surface area (Å²) < 4.78 is 8.61. The van der Waals surface area contributed by atoms with Gasteiger partial charge >= 0.3 is 0 Å². The molecule has 132 valence electrons. The number of halogens is 1. The lowest BCUT2D eigenvalue weighted by Gasteiger charge is -2.22. The molecule has 0 spiro atoms. The Labute approximate surface area is 147 Å². The maximum absolute atomic E-state index is 12.3. The van der Waals surface area contributed by atoms with Gasteiger partial charge in [-0.2, -0.15) is 10.2 Å². The number of aromatic nitrogens is 4. The number of hydrogen-bond acceptors (Lipinski definition) is 5. The van der Waals surface area contributed by atoms with Crippen LogP contribution in [-0.4, -0.2) is 52.3 Å². The molecule has 2 N–H and O–H groups in total. The summed E-state index contributed by atoms with van der Waals surface area (Å²) in [6.45, 7) is 3.18. The fraction of sp³-hybridized carbons (Fsp3) is 0.533. The molecule has 8 nitrogen and oxygen atoms in total. The normalized spacial score (nSPS) is 17.3. The topological polar surface area (TPSA) is 86.0 Å². The third-order valence-corrected chi connectivity index (χ3v) is 3.90. The number of anilines is 1. The Bertz CT molecular complexity index is 650. The zero-order valence-electron chi connectivity index (χ0n) is 13.6. The van der Waals surface area contributed by atoms with Crippen molar-refractivity contribution < 1.29 is 9.53 Å². The van der Waals surface area contributed by atoms with Crippen molar-refractivity contribution in [2.45, 2.75) is 25.4 Å². The average molecular weight is 355 g/mol. The molecule has 0 radical (unpaired) electrons. The summed E-state index contributed by atoms with van der Waals surface area (Å²) in [6.07, 6.45) is 7.48. The molecule has 9 heteroatoms. The molecule has 1 aliphatic rings. The highest BCUT2D eigenvalue weighted by Gasteiger charge is 2.18. The maximum Gasteiger partial charge on any atom is 0.276 e. The zero-order chi connectivity index (χ0) is 16.1. The Morgan fingerprint density at radius 1 is 1.54 bits per heavy atom. The summed E-state index contributed by atoms with van der Waals surface area (Å²) in [6, 6.07) is 2.07. The fourth-order valence-corrected chi connectivity index (χ4v) is 2.65. The van der Waals surface area contributed by atoms with Gasteiger partial charge in [-0.25, -0.2) is 0 Å². The van der Waals surface area contributed by atoms with E-state index in [0.717, 1.165) is 25.9 Å². The Morgan fingerprint density at radius 2 is 2.42 bits per heavy atom. The van der Waals surface area contributed by atoms with E-state index in [9.17, 15) is 4.79 Å². The van der Waals surface area contributed by atoms with Gasteiger partial charge in [0.05, 0.1) is 31.1 Å². The van der Waals surface area contributed by atoms with E-state index in [0.29, 0.717) is 30.6 Å². The van der Waals surface area contributed by atoms with Gasteiger partial charge in [-0.1, -0.05) is 0 Å². The SMILES string of the molecule is COCCn1cc(NC(=O)c2ccn(C3CCCNC3)n2)cn1.Cl. The van der Waals surface area contributed by atoms with Crippen molar-refractivity contribution in [2.24, 2.45) is 0 Å². The van der Waals surface area contributed by atoms with Crippen LogP contribution in [0.4, 0.5) is 5.69 Å². The van der Waals surface area contributed by atoms with Gasteiger partial charge < -0.3 is 15.4 Å². The van der Waals surface area contributed by atoms with Crippen LogP contribution >= 0.6 is 12.4 Å². The van der Waals surface area contributed by atoms with E-state index in [1.54, 1.807) is 30.3 Å². The summed E-state index contributed by atoms with van der Waals surface area (Å²) in [4.78, 5) is 12.3. The second kappa shape index (κ2) is 8.81. The van der Waals surface area contributed by atoms with Crippen LogP contribution in [0.25, 0.3) is 0 Å². The van der Waals surface area contributed by atoms with Gasteiger partial charge in [0.2, 0.25) is 0 Å². The molecule has 1 fully saturated rings. The van der Waals surface area contributed by atoms with Crippen molar-refractivity contribution in [3.05, 3.63) is 30.4 Å². The van der Waals surface area contributed by atoms with Crippen molar-refractivity contribution in [1.82, 2.24) is 24.9 Å². The van der Waals surface area contributed by atoms with E-state index in [2.05, 4.69) is 20.8 Å². The molecule has 3 rings (SSSR count). The van der Waals surface area contributed by atoms with Crippen LogP contribution in [0.3, 0.4) is 0 Å². The van der Waals surface area contributed by atoms with Crippen LogP contribution in [0.2, 0.25) is 0 Å². The van der Waals surface area contributed by atoms with Crippen LogP contribution in [0, 0.1) is 0 Å². The van der Waals surface area contributed by atoms with E-state index >= 15 is 0 Å². The third-order valence-electron chi connectivity index (χ3n) is 3.90. The van der Waals surface area contributed by atoms with Crippen molar-refractivity contribution >= 4 is 24.0 Å². The summed E-state index contributed by atoms with van der Waals surface area (Å²) >= 11 is 0. The van der Waals surface area contributed by atoms with Gasteiger partial charge in [-0.3, -0.25) is 14.2 Å². The number of piperidine rings is 1. The molecule has 1 aliphatic heterocycles. The predicted octanol–water partition coefficient (Wildman–Crippen LogP) is 1.32. The van der Waals surface area contributed by atoms with Crippen LogP contribution in [0.15, 0.2) is 24.7 Å². The Balaban J connectivity index is 0.00000208. The molecular formula is C15H23ClN6O2. The molecule has 1 unspecified atom stereocenters. The van der Waals surface area contributed by atoms with Gasteiger partial charge in [0.1, 0.15) is 0 Å². The summed E-state index contributed by atoms with van der Waals surface area (Å²) in [5.74, 6) is -0.223. The summed E-state index contributed by atoms with van der Waals surface area (Å²) in [7, 11) is 1.64. The molecule has 24 heavy (non-hydrogen) atoms. The summed E-state index contributed by atoms with van der Waals surface area (Å²) in [5.41, 5.74) is 1.07. The minimum absolute atomic E-state index is 0. The highest BCUT2D eigenvalue weighted by Crippen LogP contribution is 2.16. The van der Waals surface area contributed by atoms with E-state index in [-0.39, 0.29) is 18.3 Å². The molecule has 2 aromatic heterocycles. The lowest BCUT2D eigenvalue weighted by Crippen LogP contribution is -2.32. The van der Waals surface area contributed by atoms with Crippen molar-refractivity contribution in [3.63, 3.8) is 0 Å². The second-order valence-electron chi connectivity index (χ2n) is 5.62. The molecule has 1 saturated heterocycles. The number of nitrogens with one attached hydrogen (secondary N) is 2. The Kier molecular flexibility index (Phi) is 6.77.